The van der Waals surface area contributed by atoms with Gasteiger partial charge in [-0.2, -0.15) is 0 Å². The molecule has 2 nitrogen and oxygen atoms in total. The molecule has 0 heterocycles. The van der Waals surface area contributed by atoms with Crippen LogP contribution >= 0.6 is 0 Å². The third-order valence-electron chi connectivity index (χ3n) is 0.871. The van der Waals surface area contributed by atoms with Gasteiger partial charge in [0.1, 0.15) is 0 Å². The first kappa shape index (κ1) is 7.66. The van der Waals surface area contributed by atoms with Crippen LogP contribution in [0.2, 0.25) is 0 Å². The SMILES string of the molecule is CC(=CCCO)CO. The molecular formula is C6H12O2. The van der Waals surface area contributed by atoms with Crippen LogP contribution in [0.1, 0.15) is 13.3 Å². The molecule has 0 spiro atoms. The lowest BCUT2D eigenvalue weighted by Crippen LogP contribution is -1.85. The average Bonchev–Trinajstić information content (AvgIpc) is 1.83. The molecule has 0 aliphatic carbocycles. The van der Waals surface area contributed by atoms with E-state index in [2.05, 4.69) is 0 Å². The van der Waals surface area contributed by atoms with Crippen LogP contribution in [-0.4, -0.2) is 23.4 Å². The Morgan fingerprint density at radius 1 is 1.50 bits per heavy atom. The highest BCUT2D eigenvalue weighted by molar-refractivity contribution is 4.96. The maximum Gasteiger partial charge on any atom is 0.0639 e. The smallest absolute Gasteiger partial charge is 0.0639 e. The average molecular weight is 116 g/mol. The molecule has 0 amide bonds. The van der Waals surface area contributed by atoms with Crippen molar-refractivity contribution in [2.75, 3.05) is 13.2 Å². The van der Waals surface area contributed by atoms with Gasteiger partial charge in [-0.3, -0.25) is 0 Å². The van der Waals surface area contributed by atoms with E-state index in [0.717, 1.165) is 5.57 Å². The van der Waals surface area contributed by atoms with Gasteiger partial charge in [0.25, 0.3) is 0 Å². The van der Waals surface area contributed by atoms with Crippen LogP contribution < -0.4 is 0 Å². The van der Waals surface area contributed by atoms with Gasteiger partial charge in [0, 0.05) is 6.61 Å². The van der Waals surface area contributed by atoms with Crippen molar-refractivity contribution in [1.82, 2.24) is 0 Å². The summed E-state index contributed by atoms with van der Waals surface area (Å²) in [6, 6.07) is 0. The van der Waals surface area contributed by atoms with Gasteiger partial charge in [-0.05, 0) is 13.3 Å². The quantitative estimate of drug-likeness (QED) is 0.521. The normalized spacial score (nSPS) is 12.1. The van der Waals surface area contributed by atoms with E-state index in [1.54, 1.807) is 0 Å². The van der Waals surface area contributed by atoms with Crippen molar-refractivity contribution in [2.45, 2.75) is 13.3 Å². The number of hydrogen-bond donors (Lipinski definition) is 2. The number of aliphatic hydroxyl groups excluding tert-OH is 2. The first-order chi connectivity index (χ1) is 3.81. The molecule has 0 aromatic rings. The molecule has 2 heteroatoms. The van der Waals surface area contributed by atoms with Gasteiger partial charge in [-0.25, -0.2) is 0 Å². The van der Waals surface area contributed by atoms with E-state index in [1.807, 2.05) is 13.0 Å². The molecule has 8 heavy (non-hydrogen) atoms. The molecule has 48 valence electrons. The summed E-state index contributed by atoms with van der Waals surface area (Å²) in [4.78, 5) is 0. The molecule has 0 fully saturated rings. The lowest BCUT2D eigenvalue weighted by molar-refractivity contribution is 0.300. The van der Waals surface area contributed by atoms with E-state index >= 15 is 0 Å². The molecule has 0 aliphatic rings. The summed E-state index contributed by atoms with van der Waals surface area (Å²) in [6.45, 7) is 2.09. The zero-order chi connectivity index (χ0) is 6.41. The van der Waals surface area contributed by atoms with Crippen molar-refractivity contribution >= 4 is 0 Å². The highest BCUT2D eigenvalue weighted by Gasteiger charge is 1.81. The fourth-order valence-electron chi connectivity index (χ4n) is 0.375. The standard InChI is InChI=1S/C6H12O2/c1-6(5-8)3-2-4-7/h3,7-8H,2,4-5H2,1H3. The fourth-order valence-corrected chi connectivity index (χ4v) is 0.375. The van der Waals surface area contributed by atoms with Gasteiger partial charge >= 0.3 is 0 Å². The summed E-state index contributed by atoms with van der Waals surface area (Å²) in [5.74, 6) is 0. The molecule has 0 radical (unpaired) electrons. The molecule has 0 aromatic carbocycles. The first-order valence-electron chi connectivity index (χ1n) is 2.68. The van der Waals surface area contributed by atoms with E-state index in [9.17, 15) is 0 Å². The molecule has 0 bridgehead atoms. The Balaban J connectivity index is 3.26. The molecule has 0 rings (SSSR count). The first-order valence-corrected chi connectivity index (χ1v) is 2.68. The van der Waals surface area contributed by atoms with Gasteiger partial charge in [-0.15, -0.1) is 0 Å². The van der Waals surface area contributed by atoms with Crippen LogP contribution in [0, 0.1) is 0 Å². The lowest BCUT2D eigenvalue weighted by atomic mass is 10.2. The molecule has 0 atom stereocenters. The van der Waals surface area contributed by atoms with Crippen molar-refractivity contribution in [3.63, 3.8) is 0 Å². The molecular weight excluding hydrogens is 104 g/mol. The van der Waals surface area contributed by atoms with Crippen molar-refractivity contribution in [2.24, 2.45) is 0 Å². The second-order valence-corrected chi connectivity index (χ2v) is 1.72. The molecule has 0 saturated carbocycles. The van der Waals surface area contributed by atoms with Gasteiger partial charge in [0.05, 0.1) is 6.61 Å². The number of hydrogen-bond acceptors (Lipinski definition) is 2. The summed E-state index contributed by atoms with van der Waals surface area (Å²) < 4.78 is 0. The Labute approximate surface area is 49.5 Å². The monoisotopic (exact) mass is 116 g/mol. The van der Waals surface area contributed by atoms with E-state index in [0.29, 0.717) is 6.42 Å². The van der Waals surface area contributed by atoms with Crippen LogP contribution in [0.3, 0.4) is 0 Å². The van der Waals surface area contributed by atoms with E-state index in [1.165, 1.54) is 0 Å². The van der Waals surface area contributed by atoms with E-state index in [4.69, 9.17) is 10.2 Å². The van der Waals surface area contributed by atoms with Crippen molar-refractivity contribution in [3.8, 4) is 0 Å². The van der Waals surface area contributed by atoms with Gasteiger partial charge in [-0.1, -0.05) is 11.6 Å². The Hall–Kier alpha value is -0.340. The summed E-state index contributed by atoms with van der Waals surface area (Å²) in [5, 5.41) is 16.7. The Morgan fingerprint density at radius 2 is 2.12 bits per heavy atom. The van der Waals surface area contributed by atoms with Crippen LogP contribution in [-0.2, 0) is 0 Å². The second-order valence-electron chi connectivity index (χ2n) is 1.72. The minimum atomic E-state index is 0.0972. The Kier molecular flexibility index (Phi) is 4.61. The predicted octanol–water partition coefficient (Wildman–Crippen LogP) is 0.307. The van der Waals surface area contributed by atoms with Crippen LogP contribution in [0.4, 0.5) is 0 Å². The van der Waals surface area contributed by atoms with Crippen molar-refractivity contribution in [1.29, 1.82) is 0 Å². The number of aliphatic hydroxyl groups is 2. The third-order valence-corrected chi connectivity index (χ3v) is 0.871. The van der Waals surface area contributed by atoms with Gasteiger partial charge in [0.2, 0.25) is 0 Å². The van der Waals surface area contributed by atoms with Crippen molar-refractivity contribution in [3.05, 3.63) is 11.6 Å². The molecule has 0 aromatic heterocycles. The fraction of sp³-hybridized carbons (Fsp3) is 0.667. The number of rotatable bonds is 3. The van der Waals surface area contributed by atoms with Crippen LogP contribution in [0.5, 0.6) is 0 Å². The molecule has 0 saturated heterocycles. The second kappa shape index (κ2) is 4.81. The molecule has 2 N–H and O–H groups in total. The minimum Gasteiger partial charge on any atom is -0.396 e. The summed E-state index contributed by atoms with van der Waals surface area (Å²) in [7, 11) is 0. The zero-order valence-electron chi connectivity index (χ0n) is 5.09. The predicted molar refractivity (Wildman–Crippen MR) is 32.5 cm³/mol. The molecule has 0 aliphatic heterocycles. The third kappa shape index (κ3) is 3.84. The largest absolute Gasteiger partial charge is 0.396 e. The topological polar surface area (TPSA) is 40.5 Å². The van der Waals surface area contributed by atoms with Crippen LogP contribution in [0.25, 0.3) is 0 Å². The summed E-state index contributed by atoms with van der Waals surface area (Å²) in [6.07, 6.45) is 2.46. The van der Waals surface area contributed by atoms with Gasteiger partial charge in [0.15, 0.2) is 0 Å². The van der Waals surface area contributed by atoms with Crippen molar-refractivity contribution < 1.29 is 10.2 Å². The highest BCUT2D eigenvalue weighted by atomic mass is 16.3. The highest BCUT2D eigenvalue weighted by Crippen LogP contribution is 1.90. The molecule has 0 unspecified atom stereocenters. The Bertz CT molecular complexity index is 76.6. The summed E-state index contributed by atoms with van der Waals surface area (Å²) in [5.41, 5.74) is 0.916. The van der Waals surface area contributed by atoms with Gasteiger partial charge < -0.3 is 10.2 Å². The van der Waals surface area contributed by atoms with Crippen LogP contribution in [0.15, 0.2) is 11.6 Å². The maximum absolute atomic E-state index is 8.41. The zero-order valence-corrected chi connectivity index (χ0v) is 5.09. The van der Waals surface area contributed by atoms with E-state index < -0.39 is 0 Å². The minimum absolute atomic E-state index is 0.0972. The van der Waals surface area contributed by atoms with E-state index in [-0.39, 0.29) is 13.2 Å². The Morgan fingerprint density at radius 3 is 2.50 bits per heavy atom. The lowest BCUT2D eigenvalue weighted by Gasteiger charge is -1.90. The summed E-state index contributed by atoms with van der Waals surface area (Å²) >= 11 is 0. The maximum atomic E-state index is 8.41.